The fourth-order valence-electron chi connectivity index (χ4n) is 3.98. The molecule has 0 radical (unpaired) electrons. The molecule has 168 valence electrons. The van der Waals surface area contributed by atoms with Crippen LogP contribution in [0.25, 0.3) is 5.57 Å². The molecule has 1 fully saturated rings. The summed E-state index contributed by atoms with van der Waals surface area (Å²) in [4.78, 5) is 33.5. The largest absolute Gasteiger partial charge is 0.343 e. The Balaban J connectivity index is 1.79. The molecule has 2 aliphatic heterocycles. The van der Waals surface area contributed by atoms with Crippen molar-refractivity contribution in [3.05, 3.63) is 45.6 Å². The first-order valence-corrected chi connectivity index (χ1v) is 12.5. The van der Waals surface area contributed by atoms with Crippen LogP contribution in [0.1, 0.15) is 56.8 Å². The average molecular weight is 461 g/mol. The third-order valence-corrected chi connectivity index (χ3v) is 7.69. The number of carbonyl (C=O) groups excluding carboxylic acids is 2. The van der Waals surface area contributed by atoms with Crippen molar-refractivity contribution in [1.82, 2.24) is 15.2 Å². The van der Waals surface area contributed by atoms with Gasteiger partial charge in [0.15, 0.2) is 0 Å². The van der Waals surface area contributed by atoms with Gasteiger partial charge in [-0.05, 0) is 48.0 Å². The van der Waals surface area contributed by atoms with Crippen molar-refractivity contribution in [2.24, 2.45) is 17.6 Å². The van der Waals surface area contributed by atoms with Crippen LogP contribution in [0.3, 0.4) is 0 Å². The lowest BCUT2D eigenvalue weighted by molar-refractivity contribution is -0.138. The Labute approximate surface area is 193 Å². The molecular formula is C23H32N4O2S2. The number of likely N-dealkylation sites (tertiary alicyclic amines) is 1. The van der Waals surface area contributed by atoms with Gasteiger partial charge in [0, 0.05) is 17.8 Å². The molecule has 1 aromatic rings. The molecule has 3 rings (SSSR count). The summed E-state index contributed by atoms with van der Waals surface area (Å²) < 4.78 is 0. The molecule has 1 aromatic heterocycles. The van der Waals surface area contributed by atoms with Crippen molar-refractivity contribution in [3.8, 4) is 0 Å². The fourth-order valence-corrected chi connectivity index (χ4v) is 5.90. The summed E-state index contributed by atoms with van der Waals surface area (Å²) in [5.74, 6) is -0.164. The molecule has 0 spiro atoms. The van der Waals surface area contributed by atoms with Gasteiger partial charge in [0.05, 0.1) is 17.8 Å². The molecule has 3 heterocycles. The number of hydrogen-bond donors (Lipinski definition) is 2. The molecule has 6 nitrogen and oxygen atoms in total. The first kappa shape index (κ1) is 23.8. The number of aromatic nitrogens is 1. The van der Waals surface area contributed by atoms with Gasteiger partial charge < -0.3 is 16.0 Å². The first-order chi connectivity index (χ1) is 14.7. The Kier molecular flexibility index (Phi) is 7.78. The average Bonchev–Trinajstić information content (AvgIpc) is 3.45. The highest BCUT2D eigenvalue weighted by Gasteiger charge is 2.38. The molecule has 0 saturated carbocycles. The van der Waals surface area contributed by atoms with Crippen LogP contribution in [0.4, 0.5) is 0 Å². The summed E-state index contributed by atoms with van der Waals surface area (Å²) in [5, 5.41) is 7.99. The summed E-state index contributed by atoms with van der Waals surface area (Å²) in [6.07, 6.45) is 4.56. The number of carbonyl (C=O) groups is 2. The summed E-state index contributed by atoms with van der Waals surface area (Å²) in [6, 6.07) is -1.30. The quantitative estimate of drug-likeness (QED) is 0.571. The number of thioether (sulfide) groups is 1. The summed E-state index contributed by atoms with van der Waals surface area (Å²) >= 11 is 3.25. The minimum Gasteiger partial charge on any atom is -0.343 e. The van der Waals surface area contributed by atoms with E-state index in [1.54, 1.807) is 30.0 Å². The van der Waals surface area contributed by atoms with Crippen LogP contribution in [0, 0.1) is 11.8 Å². The Bertz CT molecular complexity index is 890. The van der Waals surface area contributed by atoms with E-state index in [2.05, 4.69) is 29.3 Å². The number of hydrogen-bond acceptors (Lipinski definition) is 6. The van der Waals surface area contributed by atoms with E-state index in [4.69, 9.17) is 10.7 Å². The van der Waals surface area contributed by atoms with Crippen LogP contribution in [-0.2, 0) is 9.59 Å². The summed E-state index contributed by atoms with van der Waals surface area (Å²) in [7, 11) is 0. The molecule has 0 aromatic carbocycles. The predicted molar refractivity (Wildman–Crippen MR) is 129 cm³/mol. The van der Waals surface area contributed by atoms with E-state index in [0.717, 1.165) is 34.9 Å². The van der Waals surface area contributed by atoms with Gasteiger partial charge in [-0.2, -0.15) is 0 Å². The van der Waals surface area contributed by atoms with E-state index in [1.165, 1.54) is 5.57 Å². The molecule has 2 amide bonds. The monoisotopic (exact) mass is 460 g/mol. The zero-order chi connectivity index (χ0) is 22.7. The van der Waals surface area contributed by atoms with Gasteiger partial charge in [-0.1, -0.05) is 26.5 Å². The molecule has 3 N–H and O–H groups in total. The number of thiazole rings is 1. The van der Waals surface area contributed by atoms with Crippen molar-refractivity contribution < 1.29 is 9.59 Å². The van der Waals surface area contributed by atoms with E-state index in [-0.39, 0.29) is 29.7 Å². The summed E-state index contributed by atoms with van der Waals surface area (Å²) in [6.45, 7) is 14.2. The van der Waals surface area contributed by atoms with Crippen LogP contribution in [-0.4, -0.2) is 40.3 Å². The molecule has 1 saturated heterocycles. The minimum absolute atomic E-state index is 0.0327. The van der Waals surface area contributed by atoms with Gasteiger partial charge in [-0.3, -0.25) is 9.59 Å². The second-order valence-electron chi connectivity index (χ2n) is 8.51. The zero-order valence-corrected chi connectivity index (χ0v) is 20.1. The molecule has 2 aliphatic rings. The van der Waals surface area contributed by atoms with Crippen molar-refractivity contribution in [2.45, 2.75) is 58.2 Å². The SMILES string of the molecule is C=CCC1C(=C)SC=C1c1csc([C@H]2CCCN2C(=O)C(NC(=O)[C@@H](C)N)C(C)C)n1. The van der Waals surface area contributed by atoms with Crippen LogP contribution in [0.5, 0.6) is 0 Å². The highest BCUT2D eigenvalue weighted by atomic mass is 32.2. The Morgan fingerprint density at radius 1 is 1.42 bits per heavy atom. The van der Waals surface area contributed by atoms with Crippen molar-refractivity contribution in [3.63, 3.8) is 0 Å². The van der Waals surface area contributed by atoms with Gasteiger partial charge in [0.2, 0.25) is 11.8 Å². The molecule has 31 heavy (non-hydrogen) atoms. The van der Waals surface area contributed by atoms with Gasteiger partial charge in [0.1, 0.15) is 11.0 Å². The maximum Gasteiger partial charge on any atom is 0.246 e. The smallest absolute Gasteiger partial charge is 0.246 e. The molecule has 0 aliphatic carbocycles. The molecule has 2 unspecified atom stereocenters. The lowest BCUT2D eigenvalue weighted by Gasteiger charge is -2.30. The standard InChI is InChI=1S/C23H32N4O2S2/c1-6-8-16-15(5)30-11-17(16)18-12-31-22(25-18)19-9-7-10-27(19)23(29)20(13(2)3)26-21(28)14(4)24/h6,11-14,16,19-20H,1,5,7-10,24H2,2-4H3,(H,26,28)/t14-,16?,19-,20?/m1/s1. The predicted octanol–water partition coefficient (Wildman–Crippen LogP) is 4.09. The minimum atomic E-state index is -0.652. The number of rotatable bonds is 8. The van der Waals surface area contributed by atoms with E-state index < -0.39 is 12.1 Å². The normalized spacial score (nSPS) is 23.1. The Hall–Kier alpha value is -1.90. The van der Waals surface area contributed by atoms with E-state index in [0.29, 0.717) is 6.54 Å². The fraction of sp³-hybridized carbons (Fsp3) is 0.522. The van der Waals surface area contributed by atoms with Crippen molar-refractivity contribution in [1.29, 1.82) is 0 Å². The van der Waals surface area contributed by atoms with Crippen LogP contribution in [0.15, 0.2) is 34.9 Å². The summed E-state index contributed by atoms with van der Waals surface area (Å²) in [5.41, 5.74) is 7.84. The van der Waals surface area contributed by atoms with Gasteiger partial charge in [-0.15, -0.1) is 29.7 Å². The molecule has 4 atom stereocenters. The van der Waals surface area contributed by atoms with E-state index in [9.17, 15) is 9.59 Å². The maximum atomic E-state index is 13.4. The molecule has 0 bridgehead atoms. The van der Waals surface area contributed by atoms with Gasteiger partial charge >= 0.3 is 0 Å². The number of allylic oxidation sites excluding steroid dienone is 3. The lowest BCUT2D eigenvalue weighted by Crippen LogP contribution is -2.54. The molecule has 8 heteroatoms. The van der Waals surface area contributed by atoms with Crippen molar-refractivity contribution >= 4 is 40.5 Å². The topological polar surface area (TPSA) is 88.3 Å². The van der Waals surface area contributed by atoms with Crippen molar-refractivity contribution in [2.75, 3.05) is 6.54 Å². The van der Waals surface area contributed by atoms with E-state index in [1.807, 2.05) is 24.8 Å². The first-order valence-electron chi connectivity index (χ1n) is 10.7. The maximum absolute atomic E-state index is 13.4. The number of nitrogens with two attached hydrogens (primary N) is 1. The third kappa shape index (κ3) is 5.13. The van der Waals surface area contributed by atoms with Crippen LogP contribution < -0.4 is 11.1 Å². The Morgan fingerprint density at radius 2 is 2.16 bits per heavy atom. The lowest BCUT2D eigenvalue weighted by atomic mass is 9.95. The highest BCUT2D eigenvalue weighted by molar-refractivity contribution is 8.06. The zero-order valence-electron chi connectivity index (χ0n) is 18.5. The van der Waals surface area contributed by atoms with Crippen LogP contribution >= 0.6 is 23.1 Å². The third-order valence-electron chi connectivity index (χ3n) is 5.79. The number of nitrogens with one attached hydrogen (secondary N) is 1. The number of amides is 2. The van der Waals surface area contributed by atoms with Gasteiger partial charge in [0.25, 0.3) is 0 Å². The highest BCUT2D eigenvalue weighted by Crippen LogP contribution is 2.46. The van der Waals surface area contributed by atoms with Crippen LogP contribution in [0.2, 0.25) is 0 Å². The van der Waals surface area contributed by atoms with Gasteiger partial charge in [-0.25, -0.2) is 4.98 Å². The Morgan fingerprint density at radius 3 is 2.81 bits per heavy atom. The second-order valence-corrected chi connectivity index (χ2v) is 10.4. The van der Waals surface area contributed by atoms with E-state index >= 15 is 0 Å². The number of nitrogens with zero attached hydrogens (tertiary/aromatic N) is 2. The molecular weight excluding hydrogens is 428 g/mol. The second kappa shape index (κ2) is 10.1.